The van der Waals surface area contributed by atoms with Gasteiger partial charge in [-0.2, -0.15) is 0 Å². The van der Waals surface area contributed by atoms with Gasteiger partial charge in [-0.05, 0) is 37.4 Å². The highest BCUT2D eigenvalue weighted by Crippen LogP contribution is 2.46. The minimum absolute atomic E-state index is 0.676. The van der Waals surface area contributed by atoms with Crippen molar-refractivity contribution in [3.05, 3.63) is 35.5 Å². The average molecular weight is 240 g/mol. The van der Waals surface area contributed by atoms with E-state index >= 15 is 0 Å². The molecule has 2 bridgehead atoms. The fourth-order valence-corrected chi connectivity index (χ4v) is 4.06. The second-order valence-corrected chi connectivity index (χ2v) is 5.75. The molecule has 18 heavy (non-hydrogen) atoms. The van der Waals surface area contributed by atoms with Gasteiger partial charge in [0.25, 0.3) is 0 Å². The molecule has 0 aliphatic carbocycles. The van der Waals surface area contributed by atoms with E-state index in [1.54, 1.807) is 5.56 Å². The Morgan fingerprint density at radius 1 is 1.28 bits per heavy atom. The predicted octanol–water partition coefficient (Wildman–Crippen LogP) is 3.64. The van der Waals surface area contributed by atoms with Crippen LogP contribution in [0.15, 0.2) is 24.3 Å². The molecular formula is C16H20N2. The number of H-pyrrole nitrogens is 1. The number of hydrogen-bond acceptors (Lipinski definition) is 1. The van der Waals surface area contributed by atoms with Crippen LogP contribution in [0.3, 0.4) is 0 Å². The molecule has 1 aromatic carbocycles. The van der Waals surface area contributed by atoms with Crippen LogP contribution in [0.1, 0.15) is 43.5 Å². The first-order valence-corrected chi connectivity index (χ1v) is 7.23. The fourth-order valence-electron chi connectivity index (χ4n) is 4.06. The third kappa shape index (κ3) is 1.33. The summed E-state index contributed by atoms with van der Waals surface area (Å²) in [6.07, 6.45) is 5.21. The molecule has 94 valence electrons. The maximum absolute atomic E-state index is 3.65. The number of nitrogens with zero attached hydrogens (tertiary/aromatic N) is 1. The largest absolute Gasteiger partial charge is 0.358 e. The van der Waals surface area contributed by atoms with E-state index in [-0.39, 0.29) is 0 Å². The average Bonchev–Trinajstić information content (AvgIpc) is 2.88. The van der Waals surface area contributed by atoms with E-state index in [1.807, 2.05) is 0 Å². The maximum Gasteiger partial charge on any atom is 0.0459 e. The van der Waals surface area contributed by atoms with Gasteiger partial charge in [-0.1, -0.05) is 25.1 Å². The van der Waals surface area contributed by atoms with E-state index in [2.05, 4.69) is 41.1 Å². The van der Waals surface area contributed by atoms with Crippen LogP contribution in [0.4, 0.5) is 0 Å². The van der Waals surface area contributed by atoms with Gasteiger partial charge < -0.3 is 4.98 Å². The Hall–Kier alpha value is -1.28. The summed E-state index contributed by atoms with van der Waals surface area (Å²) in [5, 5.41) is 1.46. The van der Waals surface area contributed by atoms with Crippen molar-refractivity contribution < 1.29 is 0 Å². The summed E-state index contributed by atoms with van der Waals surface area (Å²) in [5.41, 5.74) is 4.44. The number of nitrogens with one attached hydrogen (secondary N) is 1. The van der Waals surface area contributed by atoms with Crippen molar-refractivity contribution in [1.82, 2.24) is 9.88 Å². The van der Waals surface area contributed by atoms with E-state index < -0.39 is 0 Å². The molecule has 2 aliphatic rings. The summed E-state index contributed by atoms with van der Waals surface area (Å²) in [4.78, 5) is 6.41. The van der Waals surface area contributed by atoms with Crippen LogP contribution in [0, 0.1) is 0 Å². The van der Waals surface area contributed by atoms with Crippen molar-refractivity contribution in [2.75, 3.05) is 6.54 Å². The van der Waals surface area contributed by atoms with Crippen LogP contribution in [0.25, 0.3) is 10.9 Å². The van der Waals surface area contributed by atoms with Crippen molar-refractivity contribution in [1.29, 1.82) is 0 Å². The topological polar surface area (TPSA) is 19.0 Å². The number of aromatic amines is 1. The van der Waals surface area contributed by atoms with Crippen LogP contribution in [0.5, 0.6) is 0 Å². The number of benzene rings is 1. The Kier molecular flexibility index (Phi) is 2.28. The molecule has 2 aromatic rings. The summed E-state index contributed by atoms with van der Waals surface area (Å²) >= 11 is 0. The smallest absolute Gasteiger partial charge is 0.0459 e. The highest BCUT2D eigenvalue weighted by molar-refractivity contribution is 5.85. The van der Waals surface area contributed by atoms with Gasteiger partial charge in [0, 0.05) is 35.1 Å². The molecule has 4 rings (SSSR count). The number of rotatable bonds is 2. The summed E-state index contributed by atoms with van der Waals surface area (Å²) in [6.45, 7) is 3.55. The number of fused-ring (bicyclic) bond motifs is 6. The van der Waals surface area contributed by atoms with Crippen molar-refractivity contribution in [2.45, 2.75) is 44.7 Å². The van der Waals surface area contributed by atoms with Crippen LogP contribution in [0.2, 0.25) is 0 Å². The minimum atomic E-state index is 0.676. The lowest BCUT2D eigenvalue weighted by molar-refractivity contribution is 0.178. The number of para-hydroxylation sites is 1. The first kappa shape index (κ1) is 10.6. The molecule has 0 amide bonds. The molecule has 0 saturated carbocycles. The normalized spacial score (nSPS) is 26.7. The molecule has 1 saturated heterocycles. The van der Waals surface area contributed by atoms with Gasteiger partial charge in [0.1, 0.15) is 0 Å². The summed E-state index contributed by atoms with van der Waals surface area (Å²) < 4.78 is 0. The van der Waals surface area contributed by atoms with Crippen molar-refractivity contribution in [3.63, 3.8) is 0 Å². The Balaban J connectivity index is 1.88. The van der Waals surface area contributed by atoms with Crippen LogP contribution in [-0.2, 0) is 6.42 Å². The zero-order valence-corrected chi connectivity index (χ0v) is 10.9. The molecular weight excluding hydrogens is 220 g/mol. The molecule has 1 aromatic heterocycles. The fraction of sp³-hybridized carbons (Fsp3) is 0.500. The Morgan fingerprint density at radius 3 is 3.06 bits per heavy atom. The van der Waals surface area contributed by atoms with Gasteiger partial charge in [0.15, 0.2) is 0 Å². The highest BCUT2D eigenvalue weighted by atomic mass is 15.2. The number of hydrogen-bond donors (Lipinski definition) is 1. The van der Waals surface area contributed by atoms with E-state index in [1.165, 1.54) is 48.8 Å². The van der Waals surface area contributed by atoms with Gasteiger partial charge in [-0.15, -0.1) is 0 Å². The van der Waals surface area contributed by atoms with Crippen LogP contribution in [-0.4, -0.2) is 22.5 Å². The molecule has 1 fully saturated rings. The third-order valence-corrected chi connectivity index (χ3v) is 4.73. The highest BCUT2D eigenvalue weighted by Gasteiger charge is 2.40. The van der Waals surface area contributed by atoms with Crippen molar-refractivity contribution >= 4 is 10.9 Å². The van der Waals surface area contributed by atoms with Crippen LogP contribution < -0.4 is 0 Å². The first-order valence-electron chi connectivity index (χ1n) is 7.23. The van der Waals surface area contributed by atoms with Gasteiger partial charge >= 0.3 is 0 Å². The van der Waals surface area contributed by atoms with Gasteiger partial charge in [-0.25, -0.2) is 0 Å². The van der Waals surface area contributed by atoms with Gasteiger partial charge in [0.05, 0.1) is 0 Å². The standard InChI is InChI=1S/C16H20N2/c1-2-9-18-11-7-8-15(18)16-12-5-3-4-6-13(12)17-14(16)10-11/h3-6,11,15,17H,2,7-10H2,1H3. The van der Waals surface area contributed by atoms with Crippen molar-refractivity contribution in [2.24, 2.45) is 0 Å². The molecule has 0 spiro atoms. The second-order valence-electron chi connectivity index (χ2n) is 5.75. The van der Waals surface area contributed by atoms with E-state index in [4.69, 9.17) is 0 Å². The molecule has 3 heterocycles. The molecule has 2 atom stereocenters. The molecule has 0 radical (unpaired) electrons. The third-order valence-electron chi connectivity index (χ3n) is 4.73. The number of aromatic nitrogens is 1. The quantitative estimate of drug-likeness (QED) is 0.849. The van der Waals surface area contributed by atoms with E-state index in [9.17, 15) is 0 Å². The molecule has 2 nitrogen and oxygen atoms in total. The van der Waals surface area contributed by atoms with Gasteiger partial charge in [0.2, 0.25) is 0 Å². The Bertz CT molecular complexity index is 584. The Labute approximate surface area is 108 Å². The monoisotopic (exact) mass is 240 g/mol. The maximum atomic E-state index is 3.65. The summed E-state index contributed by atoms with van der Waals surface area (Å²) in [7, 11) is 0. The van der Waals surface area contributed by atoms with Gasteiger partial charge in [-0.3, -0.25) is 4.90 Å². The lowest BCUT2D eigenvalue weighted by Crippen LogP contribution is -2.37. The lowest BCUT2D eigenvalue weighted by atomic mass is 9.97. The first-order chi connectivity index (χ1) is 8.88. The lowest BCUT2D eigenvalue weighted by Gasteiger charge is -2.34. The van der Waals surface area contributed by atoms with Crippen molar-refractivity contribution in [3.8, 4) is 0 Å². The minimum Gasteiger partial charge on any atom is -0.358 e. The molecule has 2 unspecified atom stereocenters. The van der Waals surface area contributed by atoms with E-state index in [0.717, 1.165) is 6.04 Å². The summed E-state index contributed by atoms with van der Waals surface area (Å²) in [6, 6.07) is 10.3. The zero-order valence-electron chi connectivity index (χ0n) is 10.9. The van der Waals surface area contributed by atoms with Crippen LogP contribution >= 0.6 is 0 Å². The molecule has 2 aliphatic heterocycles. The zero-order chi connectivity index (χ0) is 12.1. The van der Waals surface area contributed by atoms with E-state index in [0.29, 0.717) is 6.04 Å². The Morgan fingerprint density at radius 2 is 2.17 bits per heavy atom. The second kappa shape index (κ2) is 3.86. The summed E-state index contributed by atoms with van der Waals surface area (Å²) in [5.74, 6) is 0. The molecule has 1 N–H and O–H groups in total. The molecule has 2 heteroatoms. The SMILES string of the molecule is CCCN1C2CCC1c1c([nH]c3ccccc13)C2. The predicted molar refractivity (Wildman–Crippen MR) is 74.8 cm³/mol.